The van der Waals surface area contributed by atoms with Gasteiger partial charge in [-0.25, -0.2) is 0 Å². The molecule has 0 saturated heterocycles. The lowest BCUT2D eigenvalue weighted by Gasteiger charge is -2.20. The maximum absolute atomic E-state index is 5.84. The van der Waals surface area contributed by atoms with E-state index in [4.69, 9.17) is 4.74 Å². The number of rotatable bonds is 4. The molecule has 2 aromatic rings. The lowest BCUT2D eigenvalue weighted by molar-refractivity contribution is 0.351. The molecule has 0 saturated carbocycles. The molecule has 104 valence electrons. The second kappa shape index (κ2) is 5.68. The lowest BCUT2D eigenvalue weighted by atomic mass is 9.95. The van der Waals surface area contributed by atoms with Crippen LogP contribution in [0.1, 0.15) is 35.2 Å². The molecule has 2 nitrogen and oxygen atoms in total. The summed E-state index contributed by atoms with van der Waals surface area (Å²) in [7, 11) is 2.01. The summed E-state index contributed by atoms with van der Waals surface area (Å²) in [5.74, 6) is 1.08. The second-order valence-electron chi connectivity index (χ2n) is 5.25. The number of para-hydroxylation sites is 1. The number of aryl methyl sites for hydroxylation is 1. The summed E-state index contributed by atoms with van der Waals surface area (Å²) in [5.41, 5.74) is 5.23. The van der Waals surface area contributed by atoms with Gasteiger partial charge < -0.3 is 10.1 Å². The van der Waals surface area contributed by atoms with Crippen LogP contribution < -0.4 is 10.1 Å². The van der Waals surface area contributed by atoms with Crippen molar-refractivity contribution in [1.29, 1.82) is 0 Å². The molecule has 0 spiro atoms. The van der Waals surface area contributed by atoms with Crippen molar-refractivity contribution in [2.75, 3.05) is 13.7 Å². The first-order valence-electron chi connectivity index (χ1n) is 7.34. The van der Waals surface area contributed by atoms with Gasteiger partial charge in [0, 0.05) is 12.0 Å². The Labute approximate surface area is 120 Å². The Bertz CT molecular complexity index is 589. The molecule has 3 rings (SSSR count). The summed E-state index contributed by atoms with van der Waals surface area (Å²) >= 11 is 0. The molecular weight excluding hydrogens is 246 g/mol. The molecule has 0 radical (unpaired) electrons. The SMILES string of the molecule is CCc1ccc(C(NC)c2cccc3c2OCC3)cc1. The van der Waals surface area contributed by atoms with E-state index in [1.165, 1.54) is 22.3 Å². The van der Waals surface area contributed by atoms with Gasteiger partial charge in [-0.05, 0) is 30.2 Å². The van der Waals surface area contributed by atoms with E-state index in [2.05, 4.69) is 54.7 Å². The number of hydrogen-bond acceptors (Lipinski definition) is 2. The largest absolute Gasteiger partial charge is 0.493 e. The van der Waals surface area contributed by atoms with Crippen molar-refractivity contribution in [3.05, 3.63) is 64.7 Å². The Morgan fingerprint density at radius 1 is 1.15 bits per heavy atom. The average molecular weight is 267 g/mol. The number of fused-ring (bicyclic) bond motifs is 1. The van der Waals surface area contributed by atoms with Crippen molar-refractivity contribution in [3.63, 3.8) is 0 Å². The van der Waals surface area contributed by atoms with Crippen molar-refractivity contribution in [1.82, 2.24) is 5.32 Å². The summed E-state index contributed by atoms with van der Waals surface area (Å²) in [6.45, 7) is 2.99. The number of hydrogen-bond donors (Lipinski definition) is 1. The molecule has 2 heteroatoms. The molecule has 0 aliphatic carbocycles. The molecule has 1 aliphatic rings. The summed E-state index contributed by atoms with van der Waals surface area (Å²) in [6, 6.07) is 15.5. The first-order chi connectivity index (χ1) is 9.83. The van der Waals surface area contributed by atoms with Gasteiger partial charge in [0.15, 0.2) is 0 Å². The zero-order valence-corrected chi connectivity index (χ0v) is 12.1. The summed E-state index contributed by atoms with van der Waals surface area (Å²) in [4.78, 5) is 0. The van der Waals surface area contributed by atoms with Crippen LogP contribution >= 0.6 is 0 Å². The van der Waals surface area contributed by atoms with E-state index in [1.54, 1.807) is 0 Å². The minimum absolute atomic E-state index is 0.189. The highest BCUT2D eigenvalue weighted by atomic mass is 16.5. The fourth-order valence-electron chi connectivity index (χ4n) is 2.92. The molecule has 0 bridgehead atoms. The number of ether oxygens (including phenoxy) is 1. The molecule has 0 aromatic heterocycles. The van der Waals surface area contributed by atoms with E-state index in [0.29, 0.717) is 0 Å². The number of nitrogens with one attached hydrogen (secondary N) is 1. The quantitative estimate of drug-likeness (QED) is 0.915. The first-order valence-corrected chi connectivity index (χ1v) is 7.34. The predicted molar refractivity (Wildman–Crippen MR) is 82.4 cm³/mol. The van der Waals surface area contributed by atoms with Crippen molar-refractivity contribution < 1.29 is 4.74 Å². The fraction of sp³-hybridized carbons (Fsp3) is 0.333. The van der Waals surface area contributed by atoms with E-state index >= 15 is 0 Å². The summed E-state index contributed by atoms with van der Waals surface area (Å²) < 4.78 is 5.84. The van der Waals surface area contributed by atoms with Crippen LogP contribution in [0.5, 0.6) is 5.75 Å². The van der Waals surface area contributed by atoms with Gasteiger partial charge in [0.2, 0.25) is 0 Å². The van der Waals surface area contributed by atoms with E-state index in [0.717, 1.165) is 25.2 Å². The van der Waals surface area contributed by atoms with Crippen LogP contribution in [0.25, 0.3) is 0 Å². The van der Waals surface area contributed by atoms with Crippen LogP contribution in [0.4, 0.5) is 0 Å². The molecule has 1 unspecified atom stereocenters. The van der Waals surface area contributed by atoms with Crippen LogP contribution in [0.2, 0.25) is 0 Å². The molecular formula is C18H21NO. The van der Waals surface area contributed by atoms with Crippen molar-refractivity contribution in [2.24, 2.45) is 0 Å². The van der Waals surface area contributed by atoms with Crippen molar-refractivity contribution in [3.8, 4) is 5.75 Å². The molecule has 0 amide bonds. The lowest BCUT2D eigenvalue weighted by Crippen LogP contribution is -2.18. The molecule has 20 heavy (non-hydrogen) atoms. The first kappa shape index (κ1) is 13.2. The van der Waals surface area contributed by atoms with Gasteiger partial charge in [0.05, 0.1) is 12.6 Å². The smallest absolute Gasteiger partial charge is 0.127 e. The minimum Gasteiger partial charge on any atom is -0.493 e. The highest BCUT2D eigenvalue weighted by molar-refractivity contribution is 5.48. The Kier molecular flexibility index (Phi) is 3.75. The van der Waals surface area contributed by atoms with E-state index in [9.17, 15) is 0 Å². The summed E-state index contributed by atoms with van der Waals surface area (Å²) in [5, 5.41) is 3.42. The Morgan fingerprint density at radius 2 is 1.95 bits per heavy atom. The maximum Gasteiger partial charge on any atom is 0.127 e. The monoisotopic (exact) mass is 267 g/mol. The molecule has 1 N–H and O–H groups in total. The Balaban J connectivity index is 1.99. The minimum atomic E-state index is 0.189. The zero-order valence-electron chi connectivity index (χ0n) is 12.1. The molecule has 1 atom stereocenters. The van der Waals surface area contributed by atoms with Crippen LogP contribution in [-0.2, 0) is 12.8 Å². The topological polar surface area (TPSA) is 21.3 Å². The van der Waals surface area contributed by atoms with Crippen molar-refractivity contribution >= 4 is 0 Å². The highest BCUT2D eigenvalue weighted by Crippen LogP contribution is 2.36. The van der Waals surface area contributed by atoms with Gasteiger partial charge in [-0.3, -0.25) is 0 Å². The molecule has 0 fully saturated rings. The number of benzene rings is 2. The summed E-state index contributed by atoms with van der Waals surface area (Å²) in [6.07, 6.45) is 2.10. The highest BCUT2D eigenvalue weighted by Gasteiger charge is 2.22. The second-order valence-corrected chi connectivity index (χ2v) is 5.25. The third-order valence-electron chi connectivity index (χ3n) is 4.07. The van der Waals surface area contributed by atoms with E-state index in [1.807, 2.05) is 7.05 Å². The van der Waals surface area contributed by atoms with Crippen molar-refractivity contribution in [2.45, 2.75) is 25.8 Å². The van der Waals surface area contributed by atoms with E-state index in [-0.39, 0.29) is 6.04 Å². The Hall–Kier alpha value is -1.80. The van der Waals surface area contributed by atoms with Gasteiger partial charge in [0.25, 0.3) is 0 Å². The maximum atomic E-state index is 5.84. The van der Waals surface area contributed by atoms with Gasteiger partial charge in [-0.2, -0.15) is 0 Å². The molecule has 2 aromatic carbocycles. The van der Waals surface area contributed by atoms with Crippen LogP contribution in [0.15, 0.2) is 42.5 Å². The third-order valence-corrected chi connectivity index (χ3v) is 4.07. The normalized spacial score (nSPS) is 14.7. The van der Waals surface area contributed by atoms with Crippen LogP contribution in [0, 0.1) is 0 Å². The van der Waals surface area contributed by atoms with Crippen LogP contribution in [-0.4, -0.2) is 13.7 Å². The predicted octanol–water partition coefficient (Wildman–Crippen LogP) is 3.49. The van der Waals surface area contributed by atoms with Gasteiger partial charge in [-0.15, -0.1) is 0 Å². The van der Waals surface area contributed by atoms with Gasteiger partial charge in [-0.1, -0.05) is 49.4 Å². The van der Waals surface area contributed by atoms with Crippen LogP contribution in [0.3, 0.4) is 0 Å². The van der Waals surface area contributed by atoms with E-state index < -0.39 is 0 Å². The average Bonchev–Trinajstić information content (AvgIpc) is 2.98. The Morgan fingerprint density at radius 3 is 2.65 bits per heavy atom. The van der Waals surface area contributed by atoms with Gasteiger partial charge >= 0.3 is 0 Å². The fourth-order valence-corrected chi connectivity index (χ4v) is 2.92. The van der Waals surface area contributed by atoms with Gasteiger partial charge in [0.1, 0.15) is 5.75 Å². The molecule has 1 heterocycles. The zero-order chi connectivity index (χ0) is 13.9. The molecule has 1 aliphatic heterocycles. The standard InChI is InChI=1S/C18H21NO/c1-3-13-7-9-14(10-8-13)17(19-2)16-6-4-5-15-11-12-20-18(15)16/h4-10,17,19H,3,11-12H2,1-2H3. The third kappa shape index (κ3) is 2.32.